The van der Waals surface area contributed by atoms with E-state index in [-0.39, 0.29) is 16.7 Å². The van der Waals surface area contributed by atoms with Gasteiger partial charge in [-0.1, -0.05) is 30.3 Å². The first-order valence-corrected chi connectivity index (χ1v) is 5.49. The van der Waals surface area contributed by atoms with Gasteiger partial charge in [-0.15, -0.1) is 0 Å². The highest BCUT2D eigenvalue weighted by Gasteiger charge is 2.08. The van der Waals surface area contributed by atoms with Gasteiger partial charge in [-0.05, 0) is 19.9 Å². The normalized spacial score (nSPS) is 8.83. The third-order valence-corrected chi connectivity index (χ3v) is 1.99. The molecular formula is C12H14ClNO4. The van der Waals surface area contributed by atoms with Crippen LogP contribution < -0.4 is 0 Å². The molecule has 6 heteroatoms. The molecule has 0 radical (unpaired) electrons. The number of nitro benzene ring substituents is 1. The number of rotatable bonds is 3. The van der Waals surface area contributed by atoms with Crippen molar-refractivity contribution in [3.63, 3.8) is 0 Å². The summed E-state index contributed by atoms with van der Waals surface area (Å²) in [6.45, 7) is 7.21. The summed E-state index contributed by atoms with van der Waals surface area (Å²) in [5, 5.41) is 10.3. The zero-order valence-electron chi connectivity index (χ0n) is 10.2. The van der Waals surface area contributed by atoms with Crippen LogP contribution in [0.25, 0.3) is 0 Å². The van der Waals surface area contributed by atoms with Crippen molar-refractivity contribution in [2.75, 3.05) is 6.61 Å². The Labute approximate surface area is 110 Å². The smallest absolute Gasteiger partial charge is 0.333 e. The maximum absolute atomic E-state index is 10.4. The van der Waals surface area contributed by atoms with Crippen molar-refractivity contribution in [1.82, 2.24) is 0 Å². The highest BCUT2D eigenvalue weighted by molar-refractivity contribution is 6.32. The van der Waals surface area contributed by atoms with Gasteiger partial charge >= 0.3 is 5.97 Å². The number of ether oxygens (including phenoxy) is 1. The summed E-state index contributed by atoms with van der Waals surface area (Å²) in [7, 11) is 0. The quantitative estimate of drug-likeness (QED) is 0.366. The minimum Gasteiger partial charge on any atom is -0.463 e. The average molecular weight is 272 g/mol. The van der Waals surface area contributed by atoms with E-state index in [2.05, 4.69) is 11.3 Å². The van der Waals surface area contributed by atoms with Gasteiger partial charge in [0.25, 0.3) is 5.69 Å². The van der Waals surface area contributed by atoms with E-state index < -0.39 is 4.92 Å². The minimum absolute atomic E-state index is 0.0517. The van der Waals surface area contributed by atoms with Gasteiger partial charge in [-0.25, -0.2) is 4.79 Å². The maximum atomic E-state index is 10.4. The van der Waals surface area contributed by atoms with Crippen LogP contribution in [0.2, 0.25) is 5.02 Å². The van der Waals surface area contributed by atoms with Crippen LogP contribution in [-0.2, 0) is 9.53 Å². The summed E-state index contributed by atoms with van der Waals surface area (Å²) >= 11 is 5.48. The number of nitro groups is 1. The molecule has 5 nitrogen and oxygen atoms in total. The number of esters is 1. The third-order valence-electron chi connectivity index (χ3n) is 1.67. The Morgan fingerprint density at radius 2 is 2.06 bits per heavy atom. The second kappa shape index (κ2) is 8.25. The lowest BCUT2D eigenvalue weighted by atomic mass is 10.3. The van der Waals surface area contributed by atoms with Crippen LogP contribution in [0, 0.1) is 10.1 Å². The van der Waals surface area contributed by atoms with Crippen molar-refractivity contribution in [2.45, 2.75) is 13.8 Å². The molecule has 98 valence electrons. The molecule has 0 N–H and O–H groups in total. The monoisotopic (exact) mass is 271 g/mol. The lowest BCUT2D eigenvalue weighted by Crippen LogP contribution is -2.03. The van der Waals surface area contributed by atoms with Gasteiger partial charge in [-0.2, -0.15) is 0 Å². The standard InChI is InChI=1S/C6H4ClNO2.C6H10O2/c7-5-3-1-2-4-6(5)8(9)10;1-4-8-6(7)5(2)3/h1-4H;2,4H2,1,3H3. The molecule has 0 saturated carbocycles. The molecule has 0 bridgehead atoms. The molecule has 1 rings (SSSR count). The summed E-state index contributed by atoms with van der Waals surface area (Å²) < 4.78 is 4.56. The third kappa shape index (κ3) is 6.00. The Kier molecular flexibility index (Phi) is 7.38. The van der Waals surface area contributed by atoms with E-state index in [0.29, 0.717) is 12.2 Å². The highest BCUT2D eigenvalue weighted by atomic mass is 35.5. The fourth-order valence-corrected chi connectivity index (χ4v) is 1.06. The predicted octanol–water partition coefficient (Wildman–Crippen LogP) is 3.37. The number of nitrogens with zero attached hydrogens (tertiary/aromatic N) is 1. The van der Waals surface area contributed by atoms with Crippen LogP contribution in [0.15, 0.2) is 36.4 Å². The maximum Gasteiger partial charge on any atom is 0.333 e. The number of carbonyl (C=O) groups is 1. The first kappa shape index (κ1) is 16.1. The van der Waals surface area contributed by atoms with Crippen molar-refractivity contribution < 1.29 is 14.5 Å². The molecule has 0 aromatic heterocycles. The Balaban J connectivity index is 0.000000331. The molecule has 0 spiro atoms. The highest BCUT2D eigenvalue weighted by Crippen LogP contribution is 2.21. The van der Waals surface area contributed by atoms with Gasteiger partial charge in [0.05, 0.1) is 11.5 Å². The van der Waals surface area contributed by atoms with Crippen LogP contribution in [0.5, 0.6) is 0 Å². The number of hydrogen-bond acceptors (Lipinski definition) is 4. The van der Waals surface area contributed by atoms with E-state index in [1.54, 1.807) is 26.0 Å². The summed E-state index contributed by atoms with van der Waals surface area (Å²) in [5.41, 5.74) is 0.399. The number of halogens is 1. The molecule has 18 heavy (non-hydrogen) atoms. The van der Waals surface area contributed by atoms with E-state index >= 15 is 0 Å². The van der Waals surface area contributed by atoms with Crippen molar-refractivity contribution in [2.24, 2.45) is 0 Å². The average Bonchev–Trinajstić information content (AvgIpc) is 2.30. The van der Waals surface area contributed by atoms with Crippen molar-refractivity contribution in [1.29, 1.82) is 0 Å². The van der Waals surface area contributed by atoms with E-state index in [4.69, 9.17) is 11.6 Å². The Hall–Kier alpha value is -1.88. The number of hydrogen-bond donors (Lipinski definition) is 0. The Bertz CT molecular complexity index is 445. The van der Waals surface area contributed by atoms with Gasteiger partial charge in [-0.3, -0.25) is 10.1 Å². The molecule has 1 aromatic rings. The zero-order chi connectivity index (χ0) is 14.1. The van der Waals surface area contributed by atoms with Crippen LogP contribution in [-0.4, -0.2) is 17.5 Å². The van der Waals surface area contributed by atoms with Gasteiger partial charge in [0, 0.05) is 11.6 Å². The molecule has 0 fully saturated rings. The second-order valence-corrected chi connectivity index (χ2v) is 3.62. The Morgan fingerprint density at radius 1 is 1.50 bits per heavy atom. The topological polar surface area (TPSA) is 69.4 Å². The predicted molar refractivity (Wildman–Crippen MR) is 69.6 cm³/mol. The lowest BCUT2D eigenvalue weighted by molar-refractivity contribution is -0.384. The SMILES string of the molecule is C=C(C)C(=O)OCC.O=[N+]([O-])c1ccccc1Cl. The molecule has 0 aliphatic carbocycles. The van der Waals surface area contributed by atoms with Gasteiger partial charge in [0.2, 0.25) is 0 Å². The number of carbonyl (C=O) groups excluding carboxylic acids is 1. The summed E-state index contributed by atoms with van der Waals surface area (Å²) in [6.07, 6.45) is 0. The van der Waals surface area contributed by atoms with E-state index in [0.717, 1.165) is 0 Å². The molecule has 0 unspecified atom stereocenters. The van der Waals surface area contributed by atoms with Crippen LogP contribution in [0.4, 0.5) is 5.69 Å². The second-order valence-electron chi connectivity index (χ2n) is 3.21. The molecule has 0 aliphatic heterocycles. The first-order valence-electron chi connectivity index (χ1n) is 5.11. The van der Waals surface area contributed by atoms with Gasteiger partial charge in [0.15, 0.2) is 0 Å². The summed E-state index contributed by atoms with van der Waals surface area (Å²) in [5.74, 6) is -0.312. The molecule has 0 amide bonds. The van der Waals surface area contributed by atoms with Crippen LogP contribution in [0.3, 0.4) is 0 Å². The molecular weight excluding hydrogens is 258 g/mol. The molecule has 1 aromatic carbocycles. The minimum atomic E-state index is -0.512. The van der Waals surface area contributed by atoms with Crippen molar-refractivity contribution in [3.05, 3.63) is 51.6 Å². The van der Waals surface area contributed by atoms with E-state index in [9.17, 15) is 14.9 Å². The van der Waals surface area contributed by atoms with E-state index in [1.165, 1.54) is 12.1 Å². The summed E-state index contributed by atoms with van der Waals surface area (Å²) in [4.78, 5) is 20.1. The largest absolute Gasteiger partial charge is 0.463 e. The van der Waals surface area contributed by atoms with Gasteiger partial charge in [0.1, 0.15) is 5.02 Å². The van der Waals surface area contributed by atoms with E-state index in [1.807, 2.05) is 0 Å². The van der Waals surface area contributed by atoms with Gasteiger partial charge < -0.3 is 4.74 Å². The molecule has 0 saturated heterocycles. The van der Waals surface area contributed by atoms with Crippen molar-refractivity contribution >= 4 is 23.3 Å². The number of para-hydroxylation sites is 1. The summed E-state index contributed by atoms with van der Waals surface area (Å²) in [6, 6.07) is 6.07. The molecule has 0 atom stereocenters. The lowest BCUT2D eigenvalue weighted by Gasteiger charge is -1.96. The number of benzene rings is 1. The van der Waals surface area contributed by atoms with Crippen molar-refractivity contribution in [3.8, 4) is 0 Å². The molecule has 0 aliphatic rings. The molecule has 0 heterocycles. The van der Waals surface area contributed by atoms with Crippen LogP contribution in [0.1, 0.15) is 13.8 Å². The fourth-order valence-electron chi connectivity index (χ4n) is 0.854. The Morgan fingerprint density at radius 3 is 2.33 bits per heavy atom. The first-order chi connectivity index (χ1) is 8.40. The fraction of sp³-hybridized carbons (Fsp3) is 0.250. The zero-order valence-corrected chi connectivity index (χ0v) is 10.9. The van der Waals surface area contributed by atoms with Crippen LogP contribution >= 0.6 is 11.6 Å².